The van der Waals surface area contributed by atoms with Crippen LogP contribution in [0.4, 0.5) is 5.95 Å². The molecule has 1 spiro atoms. The van der Waals surface area contributed by atoms with Crippen LogP contribution in [0.5, 0.6) is 0 Å². The highest BCUT2D eigenvalue weighted by Crippen LogP contribution is 2.53. The zero-order valence-corrected chi connectivity index (χ0v) is 18.1. The topological polar surface area (TPSA) is 88.3 Å². The summed E-state index contributed by atoms with van der Waals surface area (Å²) in [6.07, 6.45) is 9.99. The fourth-order valence-electron chi connectivity index (χ4n) is 5.08. The van der Waals surface area contributed by atoms with Crippen molar-refractivity contribution in [1.82, 2.24) is 25.1 Å². The quantitative estimate of drug-likeness (QED) is 0.806. The van der Waals surface area contributed by atoms with E-state index in [2.05, 4.69) is 32.2 Å². The SMILES string of the molecule is CC1=NCC2=C1CC[C@H]2NC(=O)c1cnn(Cc2cnc(N3CC4(CC4)C3)nc2C)c1. The first kappa shape index (κ1) is 18.7. The van der Waals surface area contributed by atoms with E-state index < -0.39 is 0 Å². The van der Waals surface area contributed by atoms with Crippen LogP contribution in [0.25, 0.3) is 0 Å². The van der Waals surface area contributed by atoms with E-state index in [9.17, 15) is 4.79 Å². The molecule has 2 aromatic heterocycles. The van der Waals surface area contributed by atoms with E-state index in [4.69, 9.17) is 4.98 Å². The molecule has 8 nitrogen and oxygen atoms in total. The molecule has 160 valence electrons. The first-order valence-electron chi connectivity index (χ1n) is 11.1. The van der Waals surface area contributed by atoms with Gasteiger partial charge in [-0.3, -0.25) is 14.5 Å². The average molecular weight is 418 g/mol. The van der Waals surface area contributed by atoms with Crippen LogP contribution in [0, 0.1) is 12.3 Å². The summed E-state index contributed by atoms with van der Waals surface area (Å²) >= 11 is 0. The van der Waals surface area contributed by atoms with Crippen molar-refractivity contribution in [3.8, 4) is 0 Å². The normalized spacial score (nSPS) is 23.1. The maximum Gasteiger partial charge on any atom is 0.254 e. The molecule has 0 unspecified atom stereocenters. The zero-order chi connectivity index (χ0) is 21.2. The van der Waals surface area contributed by atoms with E-state index >= 15 is 0 Å². The number of nitrogens with zero attached hydrogens (tertiary/aromatic N) is 6. The second kappa shape index (κ2) is 6.73. The molecular weight excluding hydrogens is 390 g/mol. The number of carbonyl (C=O) groups excluding carboxylic acids is 1. The molecular formula is C23H27N7O. The van der Waals surface area contributed by atoms with Crippen molar-refractivity contribution < 1.29 is 4.79 Å². The molecule has 6 rings (SSSR count). The van der Waals surface area contributed by atoms with Gasteiger partial charge in [-0.15, -0.1) is 0 Å². The van der Waals surface area contributed by atoms with Crippen LogP contribution in [-0.2, 0) is 6.54 Å². The largest absolute Gasteiger partial charge is 0.345 e. The van der Waals surface area contributed by atoms with Gasteiger partial charge in [0.1, 0.15) is 0 Å². The molecule has 8 heteroatoms. The number of amides is 1. The molecule has 0 aromatic carbocycles. The summed E-state index contributed by atoms with van der Waals surface area (Å²) in [5.41, 5.74) is 6.89. The van der Waals surface area contributed by atoms with Gasteiger partial charge in [-0.05, 0) is 50.7 Å². The zero-order valence-electron chi connectivity index (χ0n) is 18.1. The van der Waals surface area contributed by atoms with Crippen LogP contribution < -0.4 is 10.2 Å². The maximum absolute atomic E-state index is 12.8. The summed E-state index contributed by atoms with van der Waals surface area (Å²) in [5.74, 6) is 0.750. The third kappa shape index (κ3) is 3.25. The predicted octanol–water partition coefficient (Wildman–Crippen LogP) is 2.29. The van der Waals surface area contributed by atoms with Crippen molar-refractivity contribution in [3.63, 3.8) is 0 Å². The molecule has 2 aromatic rings. The van der Waals surface area contributed by atoms with Gasteiger partial charge in [0.25, 0.3) is 5.91 Å². The molecule has 4 heterocycles. The lowest BCUT2D eigenvalue weighted by molar-refractivity contribution is 0.0942. The van der Waals surface area contributed by atoms with Gasteiger partial charge in [-0.1, -0.05) is 0 Å². The Balaban J connectivity index is 1.10. The highest BCUT2D eigenvalue weighted by atomic mass is 16.1. The van der Waals surface area contributed by atoms with E-state index in [-0.39, 0.29) is 11.9 Å². The van der Waals surface area contributed by atoms with Gasteiger partial charge in [-0.25, -0.2) is 9.97 Å². The molecule has 31 heavy (non-hydrogen) atoms. The minimum atomic E-state index is -0.0790. The lowest BCUT2D eigenvalue weighted by Gasteiger charge is -2.40. The number of aryl methyl sites for hydroxylation is 1. The van der Waals surface area contributed by atoms with Gasteiger partial charge >= 0.3 is 0 Å². The Bertz CT molecular complexity index is 1130. The molecule has 1 N–H and O–H groups in total. The minimum absolute atomic E-state index is 0.0790. The van der Waals surface area contributed by atoms with Gasteiger partial charge in [-0.2, -0.15) is 5.10 Å². The fourth-order valence-corrected chi connectivity index (χ4v) is 5.08. The van der Waals surface area contributed by atoms with Crippen molar-refractivity contribution in [2.45, 2.75) is 52.1 Å². The first-order valence-corrected chi connectivity index (χ1v) is 11.1. The summed E-state index contributed by atoms with van der Waals surface area (Å²) in [4.78, 5) is 28.8. The van der Waals surface area contributed by atoms with E-state index in [1.807, 2.05) is 13.1 Å². The molecule has 1 amide bonds. The number of allylic oxidation sites excluding steroid dienone is 1. The van der Waals surface area contributed by atoms with Crippen LogP contribution >= 0.6 is 0 Å². The minimum Gasteiger partial charge on any atom is -0.345 e. The van der Waals surface area contributed by atoms with E-state index in [1.165, 1.54) is 24.0 Å². The highest BCUT2D eigenvalue weighted by molar-refractivity contribution is 6.02. The van der Waals surface area contributed by atoms with Gasteiger partial charge in [0.15, 0.2) is 0 Å². The number of nitrogens with one attached hydrogen (secondary N) is 1. The Hall–Kier alpha value is -3.03. The molecule has 2 aliphatic carbocycles. The van der Waals surface area contributed by atoms with Crippen LogP contribution in [0.1, 0.15) is 54.2 Å². The summed E-state index contributed by atoms with van der Waals surface area (Å²) in [7, 11) is 0. The third-order valence-corrected chi connectivity index (χ3v) is 7.31. The van der Waals surface area contributed by atoms with Crippen molar-refractivity contribution in [2.75, 3.05) is 24.5 Å². The second-order valence-corrected chi connectivity index (χ2v) is 9.53. The van der Waals surface area contributed by atoms with Crippen LogP contribution in [0.3, 0.4) is 0 Å². The van der Waals surface area contributed by atoms with Gasteiger partial charge in [0.2, 0.25) is 5.95 Å². The summed E-state index contributed by atoms with van der Waals surface area (Å²) in [6, 6.07) is 0.0894. The lowest BCUT2D eigenvalue weighted by Crippen LogP contribution is -2.49. The van der Waals surface area contributed by atoms with Crippen molar-refractivity contribution in [2.24, 2.45) is 10.4 Å². The Morgan fingerprint density at radius 1 is 1.26 bits per heavy atom. The van der Waals surface area contributed by atoms with Crippen LogP contribution in [0.2, 0.25) is 0 Å². The molecule has 1 saturated carbocycles. The Morgan fingerprint density at radius 2 is 2.10 bits per heavy atom. The number of aliphatic imine (C=N–C) groups is 1. The Kier molecular flexibility index (Phi) is 4.07. The predicted molar refractivity (Wildman–Crippen MR) is 117 cm³/mol. The monoisotopic (exact) mass is 417 g/mol. The standard InChI is InChI=1S/C23H27N7O/c1-14-16(7-25-22(27-14)29-12-23(13-29)5-6-23)10-30-11-17(8-26-30)21(31)28-20-4-3-18-15(2)24-9-19(18)20/h7-8,11,20H,3-6,9-10,12-13H2,1-2H3,(H,28,31)/t20-/m1/s1. The maximum atomic E-state index is 12.8. The molecule has 2 fully saturated rings. The number of carbonyl (C=O) groups is 1. The third-order valence-electron chi connectivity index (χ3n) is 7.31. The Labute approximate surface area is 181 Å². The van der Waals surface area contributed by atoms with Gasteiger partial charge in [0, 0.05) is 47.9 Å². The fraction of sp³-hybridized carbons (Fsp3) is 0.522. The van der Waals surface area contributed by atoms with E-state index in [0.29, 0.717) is 17.5 Å². The molecule has 1 atom stereocenters. The molecule has 4 aliphatic rings. The van der Waals surface area contributed by atoms with Crippen molar-refractivity contribution in [1.29, 1.82) is 0 Å². The van der Waals surface area contributed by atoms with Crippen LogP contribution in [0.15, 0.2) is 34.7 Å². The first-order chi connectivity index (χ1) is 15.0. The molecule has 2 aliphatic heterocycles. The average Bonchev–Trinajstić information content (AvgIpc) is 3.04. The number of hydrogen-bond acceptors (Lipinski definition) is 6. The van der Waals surface area contributed by atoms with Gasteiger partial charge in [0.05, 0.1) is 30.9 Å². The molecule has 1 saturated heterocycles. The summed E-state index contributed by atoms with van der Waals surface area (Å²) in [5, 5.41) is 7.56. The lowest BCUT2D eigenvalue weighted by atomic mass is 9.98. The van der Waals surface area contributed by atoms with Crippen molar-refractivity contribution >= 4 is 17.6 Å². The summed E-state index contributed by atoms with van der Waals surface area (Å²) in [6.45, 7) is 7.53. The van der Waals surface area contributed by atoms with Crippen LogP contribution in [-0.4, -0.2) is 57.0 Å². The molecule has 0 bridgehead atoms. The second-order valence-electron chi connectivity index (χ2n) is 9.53. The van der Waals surface area contributed by atoms with E-state index in [1.54, 1.807) is 17.1 Å². The highest BCUT2D eigenvalue weighted by Gasteiger charge is 2.53. The Morgan fingerprint density at radius 3 is 2.87 bits per heavy atom. The molecule has 0 radical (unpaired) electrons. The summed E-state index contributed by atoms with van der Waals surface area (Å²) < 4.78 is 1.78. The number of aromatic nitrogens is 4. The smallest absolute Gasteiger partial charge is 0.254 e. The van der Waals surface area contributed by atoms with E-state index in [0.717, 1.165) is 55.4 Å². The van der Waals surface area contributed by atoms with Crippen molar-refractivity contribution in [3.05, 3.63) is 46.6 Å². The number of rotatable bonds is 5. The number of anilines is 1. The number of hydrogen-bond donors (Lipinski definition) is 1. The van der Waals surface area contributed by atoms with Gasteiger partial charge < -0.3 is 10.2 Å².